The molecule has 25 heavy (non-hydrogen) atoms. The number of ether oxygens (including phenoxy) is 3. The molecule has 0 aliphatic carbocycles. The number of carbonyl (C=O) groups excluding carboxylic acids is 2. The van der Waals surface area contributed by atoms with E-state index < -0.39 is 0 Å². The standard InChI is InChI=1S/C18H24N2O5/c1-12-10-19(6-7-25-12)18(22)13-8-17(21)20(11-13)15-9-14(23-2)4-5-16(15)24-3/h4-5,9,12-13H,6-8,10-11H2,1-3H3. The average Bonchev–Trinajstić information content (AvgIpc) is 3.02. The van der Waals surface area contributed by atoms with Gasteiger partial charge in [-0.25, -0.2) is 0 Å². The highest BCUT2D eigenvalue weighted by Crippen LogP contribution is 2.36. The first kappa shape index (κ1) is 17.5. The summed E-state index contributed by atoms with van der Waals surface area (Å²) < 4.78 is 16.1. The second-order valence-corrected chi connectivity index (χ2v) is 6.41. The van der Waals surface area contributed by atoms with Crippen LogP contribution >= 0.6 is 0 Å². The van der Waals surface area contributed by atoms with Gasteiger partial charge in [0.1, 0.15) is 11.5 Å². The molecule has 1 aromatic carbocycles. The third-order valence-electron chi connectivity index (χ3n) is 4.70. The molecule has 7 heteroatoms. The van der Waals surface area contributed by atoms with Gasteiger partial charge in [0.05, 0.1) is 38.5 Å². The van der Waals surface area contributed by atoms with Crippen LogP contribution in [0, 0.1) is 5.92 Å². The van der Waals surface area contributed by atoms with Gasteiger partial charge in [-0.15, -0.1) is 0 Å². The zero-order chi connectivity index (χ0) is 18.0. The summed E-state index contributed by atoms with van der Waals surface area (Å²) >= 11 is 0. The fourth-order valence-corrected chi connectivity index (χ4v) is 3.39. The number of benzene rings is 1. The van der Waals surface area contributed by atoms with Gasteiger partial charge in [0, 0.05) is 32.1 Å². The van der Waals surface area contributed by atoms with Gasteiger partial charge in [-0.3, -0.25) is 9.59 Å². The van der Waals surface area contributed by atoms with Crippen LogP contribution in [0.5, 0.6) is 11.5 Å². The lowest BCUT2D eigenvalue weighted by atomic mass is 10.1. The number of anilines is 1. The van der Waals surface area contributed by atoms with Crippen LogP contribution in [0.1, 0.15) is 13.3 Å². The fourth-order valence-electron chi connectivity index (χ4n) is 3.39. The Hall–Kier alpha value is -2.28. The molecule has 0 bridgehead atoms. The maximum Gasteiger partial charge on any atom is 0.228 e. The predicted octanol–water partition coefficient (Wildman–Crippen LogP) is 1.30. The van der Waals surface area contributed by atoms with Crippen LogP contribution in [0.15, 0.2) is 18.2 Å². The maximum atomic E-state index is 12.8. The SMILES string of the molecule is COc1ccc(OC)c(N2CC(C(=O)N3CCOC(C)C3)CC2=O)c1. The van der Waals surface area contributed by atoms with Gasteiger partial charge in [0.25, 0.3) is 0 Å². The molecule has 2 amide bonds. The van der Waals surface area contributed by atoms with Crippen molar-refractivity contribution in [1.29, 1.82) is 0 Å². The Bertz CT molecular complexity index is 663. The molecule has 0 N–H and O–H groups in total. The van der Waals surface area contributed by atoms with Crippen LogP contribution in [0.3, 0.4) is 0 Å². The van der Waals surface area contributed by atoms with E-state index in [9.17, 15) is 9.59 Å². The van der Waals surface area contributed by atoms with Crippen molar-refractivity contribution in [2.75, 3.05) is 45.4 Å². The number of methoxy groups -OCH3 is 2. The number of morpholine rings is 1. The van der Waals surface area contributed by atoms with Crippen molar-refractivity contribution >= 4 is 17.5 Å². The van der Waals surface area contributed by atoms with Crippen molar-refractivity contribution < 1.29 is 23.8 Å². The van der Waals surface area contributed by atoms with E-state index in [4.69, 9.17) is 14.2 Å². The summed E-state index contributed by atoms with van der Waals surface area (Å²) in [5, 5.41) is 0. The van der Waals surface area contributed by atoms with Crippen molar-refractivity contribution in [1.82, 2.24) is 4.90 Å². The summed E-state index contributed by atoms with van der Waals surface area (Å²) in [5.41, 5.74) is 0.637. The summed E-state index contributed by atoms with van der Waals surface area (Å²) in [7, 11) is 3.13. The number of amides is 2. The van der Waals surface area contributed by atoms with Crippen molar-refractivity contribution in [3.63, 3.8) is 0 Å². The van der Waals surface area contributed by atoms with Crippen LogP contribution in [0.2, 0.25) is 0 Å². The van der Waals surface area contributed by atoms with Crippen LogP contribution < -0.4 is 14.4 Å². The lowest BCUT2D eigenvalue weighted by Crippen LogP contribution is -2.47. The Morgan fingerprint density at radius 2 is 2.04 bits per heavy atom. The lowest BCUT2D eigenvalue weighted by molar-refractivity contribution is -0.142. The van der Waals surface area contributed by atoms with Crippen molar-refractivity contribution in [2.45, 2.75) is 19.4 Å². The molecule has 2 unspecified atom stereocenters. The molecule has 136 valence electrons. The van der Waals surface area contributed by atoms with Crippen LogP contribution in [-0.4, -0.2) is 63.3 Å². The normalized spacial score (nSPS) is 23.7. The van der Waals surface area contributed by atoms with Crippen molar-refractivity contribution in [3.8, 4) is 11.5 Å². The first-order chi connectivity index (χ1) is 12.0. The molecule has 2 aliphatic rings. The molecule has 2 fully saturated rings. The average molecular weight is 348 g/mol. The zero-order valence-corrected chi connectivity index (χ0v) is 14.9. The molecule has 2 saturated heterocycles. The molecule has 0 saturated carbocycles. The zero-order valence-electron chi connectivity index (χ0n) is 14.9. The van der Waals surface area contributed by atoms with Gasteiger partial charge in [-0.2, -0.15) is 0 Å². The molecule has 2 atom stereocenters. The molecule has 0 radical (unpaired) electrons. The molecule has 0 spiro atoms. The van der Waals surface area contributed by atoms with Gasteiger partial charge < -0.3 is 24.0 Å². The van der Waals surface area contributed by atoms with Gasteiger partial charge in [0.15, 0.2) is 0 Å². The van der Waals surface area contributed by atoms with E-state index in [0.717, 1.165) is 0 Å². The highest BCUT2D eigenvalue weighted by molar-refractivity contribution is 6.01. The molecule has 7 nitrogen and oxygen atoms in total. The van der Waals surface area contributed by atoms with Gasteiger partial charge in [0.2, 0.25) is 11.8 Å². The summed E-state index contributed by atoms with van der Waals surface area (Å²) in [6.07, 6.45) is 0.245. The first-order valence-electron chi connectivity index (χ1n) is 8.46. The highest BCUT2D eigenvalue weighted by Gasteiger charge is 2.39. The number of hydrogen-bond donors (Lipinski definition) is 0. The van der Waals surface area contributed by atoms with E-state index in [1.807, 2.05) is 6.92 Å². The third kappa shape index (κ3) is 3.56. The Kier molecular flexibility index (Phi) is 5.13. The monoisotopic (exact) mass is 348 g/mol. The second-order valence-electron chi connectivity index (χ2n) is 6.41. The van der Waals surface area contributed by atoms with E-state index in [0.29, 0.717) is 43.4 Å². The largest absolute Gasteiger partial charge is 0.497 e. The molecular formula is C18H24N2O5. The predicted molar refractivity (Wildman–Crippen MR) is 92.0 cm³/mol. The third-order valence-corrected chi connectivity index (χ3v) is 4.70. The van der Waals surface area contributed by atoms with E-state index in [2.05, 4.69) is 0 Å². The molecular weight excluding hydrogens is 324 g/mol. The van der Waals surface area contributed by atoms with Crippen LogP contribution in [-0.2, 0) is 14.3 Å². The van der Waals surface area contributed by atoms with E-state index >= 15 is 0 Å². The number of nitrogens with zero attached hydrogens (tertiary/aromatic N) is 2. The van der Waals surface area contributed by atoms with Crippen LogP contribution in [0.4, 0.5) is 5.69 Å². The summed E-state index contributed by atoms with van der Waals surface area (Å²) in [4.78, 5) is 28.7. The number of hydrogen-bond acceptors (Lipinski definition) is 5. The lowest BCUT2D eigenvalue weighted by Gasteiger charge is -2.32. The summed E-state index contributed by atoms with van der Waals surface area (Å²) in [6.45, 7) is 4.00. The topological polar surface area (TPSA) is 68.3 Å². The van der Waals surface area contributed by atoms with E-state index in [-0.39, 0.29) is 30.3 Å². The van der Waals surface area contributed by atoms with Gasteiger partial charge in [-0.1, -0.05) is 0 Å². The second kappa shape index (κ2) is 7.31. The number of rotatable bonds is 4. The first-order valence-corrected chi connectivity index (χ1v) is 8.46. The van der Waals surface area contributed by atoms with E-state index in [1.54, 1.807) is 42.2 Å². The minimum Gasteiger partial charge on any atom is -0.497 e. The van der Waals surface area contributed by atoms with E-state index in [1.165, 1.54) is 0 Å². The Labute approximate surface area is 147 Å². The highest BCUT2D eigenvalue weighted by atomic mass is 16.5. The van der Waals surface area contributed by atoms with Crippen molar-refractivity contribution in [3.05, 3.63) is 18.2 Å². The number of carbonyl (C=O) groups is 2. The summed E-state index contributed by atoms with van der Waals surface area (Å²) in [6, 6.07) is 5.31. The Morgan fingerprint density at radius 1 is 1.24 bits per heavy atom. The Balaban J connectivity index is 1.77. The fraction of sp³-hybridized carbons (Fsp3) is 0.556. The molecule has 3 rings (SSSR count). The van der Waals surface area contributed by atoms with Crippen molar-refractivity contribution in [2.24, 2.45) is 5.92 Å². The minimum atomic E-state index is -0.339. The molecule has 2 aliphatic heterocycles. The molecule has 1 aromatic rings. The summed E-state index contributed by atoms with van der Waals surface area (Å²) in [5.74, 6) is 0.829. The van der Waals surface area contributed by atoms with Gasteiger partial charge >= 0.3 is 0 Å². The quantitative estimate of drug-likeness (QED) is 0.820. The van der Waals surface area contributed by atoms with Crippen LogP contribution in [0.25, 0.3) is 0 Å². The molecule has 0 aromatic heterocycles. The smallest absolute Gasteiger partial charge is 0.228 e. The van der Waals surface area contributed by atoms with Gasteiger partial charge in [-0.05, 0) is 19.1 Å². The molecule has 2 heterocycles. The minimum absolute atomic E-state index is 0.0212. The maximum absolute atomic E-state index is 12.8. The Morgan fingerprint density at radius 3 is 2.72 bits per heavy atom.